The number of hydrogen-bond donors (Lipinski definition) is 2. The number of aliphatic hydroxyl groups is 2. The Morgan fingerprint density at radius 2 is 1.73 bits per heavy atom. The smallest absolute Gasteiger partial charge is 0.400 e. The van der Waals surface area contributed by atoms with E-state index >= 15 is 0 Å². The maximum atomic E-state index is 9.76. The third-order valence-electron chi connectivity index (χ3n) is 5.10. The van der Waals surface area contributed by atoms with Gasteiger partial charge < -0.3 is 19.9 Å². The Labute approximate surface area is 240 Å². The van der Waals surface area contributed by atoms with Crippen molar-refractivity contribution in [3.63, 3.8) is 0 Å². The molecule has 0 saturated carbocycles. The first kappa shape index (κ1) is 27.8. The molecule has 0 aliphatic carbocycles. The molecular weight excluding hydrogens is 467 g/mol. The molecule has 0 amide bonds. The molecule has 0 radical (unpaired) electrons. The maximum Gasteiger partial charge on any atom is 1.00 e. The van der Waals surface area contributed by atoms with Crippen LogP contribution in [-0.2, 0) is 19.6 Å². The van der Waals surface area contributed by atoms with Gasteiger partial charge >= 0.3 is 51.4 Å². The Morgan fingerprint density at radius 1 is 1.03 bits per heavy atom. The van der Waals surface area contributed by atoms with E-state index in [0.29, 0.717) is 23.2 Å². The molecule has 0 atom stereocenters. The second kappa shape index (κ2) is 14.1. The van der Waals surface area contributed by atoms with E-state index < -0.39 is 0 Å². The van der Waals surface area contributed by atoms with E-state index in [4.69, 9.17) is 16.7 Å². The first-order valence-electron chi connectivity index (χ1n) is 10.4. The Balaban J connectivity index is 0.00000125. The minimum Gasteiger partial charge on any atom is -0.400 e. The number of aliphatic hydroxyl groups excluding tert-OH is 2. The SMILES string of the molecule is CCCCc1nc(Cl)c(CO)n1Cc1ccc(-c2ccccc2-c2nnn[n-]2)cc1.CO.[K+]. The minimum atomic E-state index is -0.134. The molecule has 4 rings (SSSR count). The molecule has 8 nitrogen and oxygen atoms in total. The van der Waals surface area contributed by atoms with Gasteiger partial charge in [0.25, 0.3) is 0 Å². The van der Waals surface area contributed by atoms with Crippen molar-refractivity contribution >= 4 is 11.6 Å². The van der Waals surface area contributed by atoms with Crippen molar-refractivity contribution in [2.24, 2.45) is 0 Å². The first-order valence-corrected chi connectivity index (χ1v) is 10.8. The molecule has 0 fully saturated rings. The molecule has 33 heavy (non-hydrogen) atoms. The summed E-state index contributed by atoms with van der Waals surface area (Å²) in [6.45, 7) is 2.62. The van der Waals surface area contributed by atoms with Crippen LogP contribution in [0.2, 0.25) is 5.15 Å². The van der Waals surface area contributed by atoms with Crippen LogP contribution in [0.3, 0.4) is 0 Å². The molecule has 0 bridgehead atoms. The topological polar surface area (TPSA) is 111 Å². The van der Waals surface area contributed by atoms with Crippen molar-refractivity contribution in [2.45, 2.75) is 39.3 Å². The molecule has 2 heterocycles. The van der Waals surface area contributed by atoms with Crippen LogP contribution in [0.25, 0.3) is 22.5 Å². The van der Waals surface area contributed by atoms with E-state index in [1.807, 2.05) is 28.8 Å². The number of tetrazole rings is 1. The molecule has 0 unspecified atom stereocenters. The number of nitrogens with zero attached hydrogens (tertiary/aromatic N) is 6. The molecule has 2 N–H and O–H groups in total. The standard InChI is InChI=1S/C22H22ClN6O.CH4O.K/c1-2-3-8-20-24-21(23)19(14-30)29(20)13-15-9-11-16(12-10-15)17-6-4-5-7-18(17)22-25-27-28-26-22;1-2;/h4-7,9-12,30H,2-3,8,13-14H2,1H3;2H,1H3;/q-1;;+1. The molecule has 0 spiro atoms. The number of halogens is 1. The van der Waals surface area contributed by atoms with Crippen molar-refractivity contribution in [1.82, 2.24) is 30.2 Å². The Kier molecular flexibility index (Phi) is 11.9. The van der Waals surface area contributed by atoms with Crippen LogP contribution in [0.5, 0.6) is 0 Å². The average molecular weight is 493 g/mol. The van der Waals surface area contributed by atoms with E-state index in [1.54, 1.807) is 0 Å². The number of rotatable bonds is 8. The van der Waals surface area contributed by atoms with Crippen LogP contribution in [0.4, 0.5) is 0 Å². The van der Waals surface area contributed by atoms with Gasteiger partial charge in [-0.05, 0) is 28.7 Å². The predicted octanol–water partition coefficient (Wildman–Crippen LogP) is 0.508. The molecular formula is C23H26ClKN6O2. The van der Waals surface area contributed by atoms with Crippen LogP contribution >= 0.6 is 11.6 Å². The van der Waals surface area contributed by atoms with Crippen LogP contribution in [0.15, 0.2) is 48.5 Å². The fourth-order valence-electron chi connectivity index (χ4n) is 3.52. The van der Waals surface area contributed by atoms with E-state index in [2.05, 4.69) is 56.8 Å². The number of benzene rings is 2. The average Bonchev–Trinajstić information content (AvgIpc) is 3.48. The summed E-state index contributed by atoms with van der Waals surface area (Å²) < 4.78 is 2.02. The zero-order valence-electron chi connectivity index (χ0n) is 19.1. The van der Waals surface area contributed by atoms with E-state index in [9.17, 15) is 5.11 Å². The van der Waals surface area contributed by atoms with Crippen LogP contribution < -0.4 is 56.5 Å². The quantitative estimate of drug-likeness (QED) is 0.345. The number of hydrogen-bond acceptors (Lipinski definition) is 6. The zero-order chi connectivity index (χ0) is 22.9. The summed E-state index contributed by atoms with van der Waals surface area (Å²) in [7, 11) is 1.00. The Morgan fingerprint density at radius 3 is 2.33 bits per heavy atom. The van der Waals surface area contributed by atoms with Gasteiger partial charge in [-0.15, -0.1) is 0 Å². The van der Waals surface area contributed by atoms with Crippen molar-refractivity contribution in [3.05, 3.63) is 70.8 Å². The predicted molar refractivity (Wildman–Crippen MR) is 123 cm³/mol. The fraction of sp³-hybridized carbons (Fsp3) is 0.304. The molecule has 4 aromatic rings. The van der Waals surface area contributed by atoms with Gasteiger partial charge in [0, 0.05) is 25.9 Å². The van der Waals surface area contributed by atoms with Gasteiger partial charge in [-0.25, -0.2) is 4.98 Å². The summed E-state index contributed by atoms with van der Waals surface area (Å²) in [5, 5.41) is 32.3. The van der Waals surface area contributed by atoms with Gasteiger partial charge in [-0.2, -0.15) is 5.21 Å². The maximum absolute atomic E-state index is 9.76. The fourth-order valence-corrected chi connectivity index (χ4v) is 3.78. The summed E-state index contributed by atoms with van der Waals surface area (Å²) in [4.78, 5) is 4.46. The second-order valence-electron chi connectivity index (χ2n) is 7.06. The Hall–Kier alpha value is -1.43. The largest absolute Gasteiger partial charge is 1.00 e. The summed E-state index contributed by atoms with van der Waals surface area (Å²) in [6, 6.07) is 16.2. The summed E-state index contributed by atoms with van der Waals surface area (Å²) >= 11 is 6.25. The summed E-state index contributed by atoms with van der Waals surface area (Å²) in [6.07, 6.45) is 2.94. The van der Waals surface area contributed by atoms with E-state index in [1.165, 1.54) is 0 Å². The number of aryl methyl sites for hydroxylation is 1. The molecule has 2 aromatic carbocycles. The van der Waals surface area contributed by atoms with Gasteiger partial charge in [0.15, 0.2) is 5.15 Å². The normalized spacial score (nSPS) is 10.3. The number of imidazole rings is 1. The summed E-state index contributed by atoms with van der Waals surface area (Å²) in [5.41, 5.74) is 4.72. The second-order valence-corrected chi connectivity index (χ2v) is 7.42. The minimum absolute atomic E-state index is 0. The monoisotopic (exact) mass is 492 g/mol. The van der Waals surface area contributed by atoms with E-state index in [0.717, 1.165) is 54.5 Å². The van der Waals surface area contributed by atoms with Gasteiger partial charge in [-0.3, -0.25) is 10.3 Å². The third kappa shape index (κ3) is 6.80. The first-order chi connectivity index (χ1) is 15.7. The van der Waals surface area contributed by atoms with Crippen molar-refractivity contribution in [3.8, 4) is 22.5 Å². The summed E-state index contributed by atoms with van der Waals surface area (Å²) in [5.74, 6) is 1.42. The molecule has 0 saturated heterocycles. The van der Waals surface area contributed by atoms with E-state index in [-0.39, 0.29) is 58.0 Å². The van der Waals surface area contributed by atoms with Crippen molar-refractivity contribution < 1.29 is 61.6 Å². The Bertz CT molecular complexity index is 1120. The van der Waals surface area contributed by atoms with Crippen LogP contribution in [0.1, 0.15) is 36.8 Å². The number of unbranched alkanes of at least 4 members (excludes halogenated alkanes) is 1. The van der Waals surface area contributed by atoms with Gasteiger partial charge in [0.05, 0.1) is 12.3 Å². The molecule has 10 heteroatoms. The van der Waals surface area contributed by atoms with Crippen LogP contribution in [0, 0.1) is 0 Å². The zero-order valence-corrected chi connectivity index (χ0v) is 23.0. The molecule has 0 aliphatic rings. The van der Waals surface area contributed by atoms with Crippen LogP contribution in [-0.4, -0.2) is 42.4 Å². The van der Waals surface area contributed by atoms with Gasteiger partial charge in [-0.1, -0.05) is 73.5 Å². The molecule has 2 aromatic heterocycles. The van der Waals surface area contributed by atoms with Crippen molar-refractivity contribution in [1.29, 1.82) is 0 Å². The number of aromatic nitrogens is 6. The van der Waals surface area contributed by atoms with Crippen molar-refractivity contribution in [2.75, 3.05) is 7.11 Å². The molecule has 0 aliphatic heterocycles. The molecule has 168 valence electrons. The third-order valence-corrected chi connectivity index (χ3v) is 5.40. The van der Waals surface area contributed by atoms with Gasteiger partial charge in [0.1, 0.15) is 5.82 Å². The van der Waals surface area contributed by atoms with Gasteiger partial charge in [0.2, 0.25) is 0 Å².